The largest absolute Gasteiger partial charge is 0.380 e. The Morgan fingerprint density at radius 2 is 1.90 bits per heavy atom. The Morgan fingerprint density at radius 3 is 2.33 bits per heavy atom. The highest BCUT2D eigenvalue weighted by atomic mass is 16.5. The molecule has 120 valence electrons. The Hall–Kier alpha value is -1.44. The zero-order chi connectivity index (χ0) is 15.7. The van der Waals surface area contributed by atoms with Crippen LogP contribution in [0.15, 0.2) is 12.4 Å². The molecule has 1 aromatic rings. The van der Waals surface area contributed by atoms with Crippen molar-refractivity contribution in [2.75, 3.05) is 39.5 Å². The summed E-state index contributed by atoms with van der Waals surface area (Å²) in [4.78, 5) is 14.2. The van der Waals surface area contributed by atoms with Gasteiger partial charge in [0.2, 0.25) is 5.91 Å². The van der Waals surface area contributed by atoms with Gasteiger partial charge in [0.1, 0.15) is 6.04 Å². The van der Waals surface area contributed by atoms with Crippen molar-refractivity contribution in [3.05, 3.63) is 18.0 Å². The topological polar surface area (TPSA) is 82.6 Å². The molecule has 1 heterocycles. The summed E-state index contributed by atoms with van der Waals surface area (Å²) in [5.41, 5.74) is 6.74. The van der Waals surface area contributed by atoms with E-state index in [4.69, 9.17) is 15.2 Å². The fourth-order valence-corrected chi connectivity index (χ4v) is 1.91. The number of nitrogens with zero attached hydrogens (tertiary/aromatic N) is 3. The molecule has 0 aromatic carbocycles. The molecule has 7 heteroatoms. The predicted octanol–water partition coefficient (Wildman–Crippen LogP) is 0.322. The number of ether oxygens (including phenoxy) is 2. The van der Waals surface area contributed by atoms with Crippen LogP contribution in [-0.2, 0) is 21.3 Å². The molecule has 0 fully saturated rings. The summed E-state index contributed by atoms with van der Waals surface area (Å²) in [6, 6.07) is -0.707. The highest BCUT2D eigenvalue weighted by Gasteiger charge is 2.23. The van der Waals surface area contributed by atoms with Crippen LogP contribution in [-0.4, -0.2) is 60.1 Å². The van der Waals surface area contributed by atoms with Gasteiger partial charge in [0.15, 0.2) is 0 Å². The van der Waals surface area contributed by atoms with Gasteiger partial charge in [0.05, 0.1) is 19.4 Å². The summed E-state index contributed by atoms with van der Waals surface area (Å²) in [6.45, 7) is 7.11. The van der Waals surface area contributed by atoms with Gasteiger partial charge in [0, 0.05) is 45.1 Å². The van der Waals surface area contributed by atoms with Crippen molar-refractivity contribution in [1.29, 1.82) is 0 Å². The van der Waals surface area contributed by atoms with Crippen LogP contribution in [0.3, 0.4) is 0 Å². The van der Waals surface area contributed by atoms with Crippen molar-refractivity contribution < 1.29 is 14.3 Å². The zero-order valence-corrected chi connectivity index (χ0v) is 13.1. The van der Waals surface area contributed by atoms with Crippen LogP contribution in [0, 0.1) is 0 Å². The van der Waals surface area contributed by atoms with E-state index in [-0.39, 0.29) is 5.91 Å². The fraction of sp³-hybridized carbons (Fsp3) is 0.714. The molecule has 2 N–H and O–H groups in total. The standard InChI is InChI=1S/C14H26N4O3/c1-4-20-8-6-18(7-9-21-5-2)14(19)13(15)12-10-16-17(3)11-12/h10-11,13H,4-9,15H2,1-3H3. The van der Waals surface area contributed by atoms with Crippen LogP contribution < -0.4 is 5.73 Å². The minimum Gasteiger partial charge on any atom is -0.380 e. The number of carbonyl (C=O) groups is 1. The Labute approximate surface area is 126 Å². The Morgan fingerprint density at radius 1 is 1.33 bits per heavy atom. The Bertz CT molecular complexity index is 412. The van der Waals surface area contributed by atoms with Gasteiger partial charge in [-0.25, -0.2) is 0 Å². The van der Waals surface area contributed by atoms with Crippen molar-refractivity contribution in [3.8, 4) is 0 Å². The second-order valence-electron chi connectivity index (χ2n) is 4.64. The van der Waals surface area contributed by atoms with E-state index in [0.717, 1.165) is 0 Å². The van der Waals surface area contributed by atoms with Crippen molar-refractivity contribution in [1.82, 2.24) is 14.7 Å². The van der Waals surface area contributed by atoms with Gasteiger partial charge in [-0.3, -0.25) is 9.48 Å². The average molecular weight is 298 g/mol. The van der Waals surface area contributed by atoms with Crippen LogP contribution >= 0.6 is 0 Å². The molecule has 0 bridgehead atoms. The number of nitrogens with two attached hydrogens (primary N) is 1. The molecule has 1 rings (SSSR count). The molecule has 1 amide bonds. The van der Waals surface area contributed by atoms with Crippen LogP contribution in [0.4, 0.5) is 0 Å². The number of carbonyl (C=O) groups excluding carboxylic acids is 1. The third kappa shape index (κ3) is 5.82. The first-order valence-electron chi connectivity index (χ1n) is 7.28. The van der Waals surface area contributed by atoms with Gasteiger partial charge in [-0.15, -0.1) is 0 Å². The number of rotatable bonds is 10. The van der Waals surface area contributed by atoms with E-state index in [1.54, 1.807) is 29.0 Å². The zero-order valence-electron chi connectivity index (χ0n) is 13.1. The molecule has 0 spiro atoms. The van der Waals surface area contributed by atoms with Gasteiger partial charge >= 0.3 is 0 Å². The third-order valence-electron chi connectivity index (χ3n) is 3.08. The normalized spacial score (nSPS) is 12.4. The van der Waals surface area contributed by atoms with Crippen molar-refractivity contribution >= 4 is 5.91 Å². The van der Waals surface area contributed by atoms with E-state index in [1.807, 2.05) is 13.8 Å². The number of amides is 1. The summed E-state index contributed by atoms with van der Waals surface area (Å²) in [6.07, 6.45) is 3.37. The van der Waals surface area contributed by atoms with E-state index in [1.165, 1.54) is 0 Å². The third-order valence-corrected chi connectivity index (χ3v) is 3.08. The molecule has 7 nitrogen and oxygen atoms in total. The molecule has 0 aliphatic heterocycles. The lowest BCUT2D eigenvalue weighted by atomic mass is 10.1. The molecule has 21 heavy (non-hydrogen) atoms. The Kier molecular flexibility index (Phi) is 7.96. The van der Waals surface area contributed by atoms with Gasteiger partial charge in [-0.05, 0) is 13.8 Å². The predicted molar refractivity (Wildman–Crippen MR) is 79.7 cm³/mol. The molecule has 0 radical (unpaired) electrons. The first-order chi connectivity index (χ1) is 10.1. The van der Waals surface area contributed by atoms with Crippen molar-refractivity contribution in [2.45, 2.75) is 19.9 Å². The van der Waals surface area contributed by atoms with Crippen LogP contribution in [0.5, 0.6) is 0 Å². The highest BCUT2D eigenvalue weighted by Crippen LogP contribution is 2.12. The average Bonchev–Trinajstić information content (AvgIpc) is 2.91. The SMILES string of the molecule is CCOCCN(CCOCC)C(=O)C(N)c1cnn(C)c1. The maximum Gasteiger partial charge on any atom is 0.244 e. The Balaban J connectivity index is 2.63. The summed E-state index contributed by atoms with van der Waals surface area (Å²) in [5.74, 6) is -0.137. The molecular weight excluding hydrogens is 272 g/mol. The molecule has 0 saturated heterocycles. The first-order valence-corrected chi connectivity index (χ1v) is 7.28. The van der Waals surface area contributed by atoms with Gasteiger partial charge in [-0.1, -0.05) is 0 Å². The molecule has 1 unspecified atom stereocenters. The lowest BCUT2D eigenvalue weighted by Gasteiger charge is -2.25. The van der Waals surface area contributed by atoms with Crippen molar-refractivity contribution in [3.63, 3.8) is 0 Å². The van der Waals surface area contributed by atoms with E-state index in [9.17, 15) is 4.79 Å². The molecular formula is C14H26N4O3. The molecule has 1 atom stereocenters. The second-order valence-corrected chi connectivity index (χ2v) is 4.64. The van der Waals surface area contributed by atoms with E-state index >= 15 is 0 Å². The quantitative estimate of drug-likeness (QED) is 0.629. The first kappa shape index (κ1) is 17.6. The van der Waals surface area contributed by atoms with E-state index in [0.29, 0.717) is 45.1 Å². The number of hydrogen-bond donors (Lipinski definition) is 1. The number of hydrogen-bond acceptors (Lipinski definition) is 5. The maximum atomic E-state index is 12.5. The summed E-state index contributed by atoms with van der Waals surface area (Å²) < 4.78 is 12.3. The minimum atomic E-state index is -0.707. The van der Waals surface area contributed by atoms with Gasteiger partial charge in [-0.2, -0.15) is 5.10 Å². The summed E-state index contributed by atoms with van der Waals surface area (Å²) in [5, 5.41) is 4.05. The lowest BCUT2D eigenvalue weighted by Crippen LogP contribution is -2.42. The van der Waals surface area contributed by atoms with Gasteiger partial charge in [0.25, 0.3) is 0 Å². The second kappa shape index (κ2) is 9.49. The molecule has 1 aromatic heterocycles. The molecule has 0 aliphatic rings. The lowest BCUT2D eigenvalue weighted by molar-refractivity contribution is -0.134. The smallest absolute Gasteiger partial charge is 0.244 e. The van der Waals surface area contributed by atoms with Crippen LogP contribution in [0.1, 0.15) is 25.5 Å². The molecule has 0 aliphatic carbocycles. The summed E-state index contributed by atoms with van der Waals surface area (Å²) in [7, 11) is 1.79. The number of aryl methyl sites for hydroxylation is 1. The molecule has 0 saturated carbocycles. The fourth-order valence-electron chi connectivity index (χ4n) is 1.91. The van der Waals surface area contributed by atoms with Crippen molar-refractivity contribution in [2.24, 2.45) is 12.8 Å². The van der Waals surface area contributed by atoms with Crippen LogP contribution in [0.25, 0.3) is 0 Å². The van der Waals surface area contributed by atoms with E-state index in [2.05, 4.69) is 5.10 Å². The number of aromatic nitrogens is 2. The van der Waals surface area contributed by atoms with E-state index < -0.39 is 6.04 Å². The monoisotopic (exact) mass is 298 g/mol. The maximum absolute atomic E-state index is 12.5. The van der Waals surface area contributed by atoms with Crippen LogP contribution in [0.2, 0.25) is 0 Å². The highest BCUT2D eigenvalue weighted by molar-refractivity contribution is 5.82. The van der Waals surface area contributed by atoms with Gasteiger partial charge < -0.3 is 20.1 Å². The minimum absolute atomic E-state index is 0.137. The summed E-state index contributed by atoms with van der Waals surface area (Å²) >= 11 is 0.